The van der Waals surface area contributed by atoms with Gasteiger partial charge in [0.15, 0.2) is 22.3 Å². The van der Waals surface area contributed by atoms with Crippen LogP contribution in [0.5, 0.6) is 11.5 Å². The maximum absolute atomic E-state index is 13.4. The lowest BCUT2D eigenvalue weighted by Gasteiger charge is -2.56. The van der Waals surface area contributed by atoms with Crippen molar-refractivity contribution in [3.8, 4) is 11.5 Å². The molecule has 0 aliphatic carbocycles. The number of carbonyl (C=O) groups excluding carboxylic acids is 1. The minimum Gasteiger partial charge on any atom is -0.490 e. The van der Waals surface area contributed by atoms with Gasteiger partial charge < -0.3 is 19.7 Å². The Morgan fingerprint density at radius 1 is 1.27 bits per heavy atom. The zero-order valence-electron chi connectivity index (χ0n) is 17.9. The molecule has 0 unspecified atom stereocenters. The van der Waals surface area contributed by atoms with E-state index in [1.807, 2.05) is 68.1 Å². The highest BCUT2D eigenvalue weighted by Crippen LogP contribution is 2.52. The van der Waals surface area contributed by atoms with E-state index in [0.717, 1.165) is 16.8 Å². The number of rotatable bonds is 4. The van der Waals surface area contributed by atoms with Gasteiger partial charge in [0, 0.05) is 25.3 Å². The molecule has 0 aromatic heterocycles. The van der Waals surface area contributed by atoms with E-state index in [1.165, 1.54) is 0 Å². The summed E-state index contributed by atoms with van der Waals surface area (Å²) < 4.78 is 12.5. The summed E-state index contributed by atoms with van der Waals surface area (Å²) in [4.78, 5) is 17.0. The zero-order valence-corrected chi connectivity index (χ0v) is 18.7. The largest absolute Gasteiger partial charge is 0.490 e. The van der Waals surface area contributed by atoms with E-state index < -0.39 is 11.6 Å². The molecule has 2 aliphatic rings. The highest BCUT2D eigenvalue weighted by Gasteiger charge is 2.60. The number of amides is 1. The van der Waals surface area contributed by atoms with Crippen molar-refractivity contribution in [2.75, 3.05) is 25.6 Å². The predicted octanol–water partition coefficient (Wildman–Crippen LogP) is 3.64. The van der Waals surface area contributed by atoms with E-state index in [4.69, 9.17) is 21.7 Å². The molecule has 3 atom stereocenters. The highest BCUT2D eigenvalue weighted by atomic mass is 32.1. The van der Waals surface area contributed by atoms with Crippen LogP contribution >= 0.6 is 12.2 Å². The molecule has 30 heavy (non-hydrogen) atoms. The van der Waals surface area contributed by atoms with Crippen LogP contribution in [0, 0.1) is 12.8 Å². The first-order valence-electron chi connectivity index (χ1n) is 10.1. The van der Waals surface area contributed by atoms with Gasteiger partial charge in [0.1, 0.15) is 5.92 Å². The number of benzene rings is 2. The van der Waals surface area contributed by atoms with Gasteiger partial charge in [-0.2, -0.15) is 0 Å². The van der Waals surface area contributed by atoms with E-state index in [9.17, 15) is 4.79 Å². The first-order valence-corrected chi connectivity index (χ1v) is 10.5. The van der Waals surface area contributed by atoms with Gasteiger partial charge in [0.25, 0.3) is 0 Å². The van der Waals surface area contributed by atoms with E-state index in [0.29, 0.717) is 23.2 Å². The Morgan fingerprint density at radius 3 is 2.67 bits per heavy atom. The average Bonchev–Trinajstić information content (AvgIpc) is 2.69. The van der Waals surface area contributed by atoms with Crippen LogP contribution in [-0.4, -0.2) is 42.3 Å². The van der Waals surface area contributed by atoms with Crippen LogP contribution in [-0.2, 0) is 4.79 Å². The lowest BCUT2D eigenvalue weighted by molar-refractivity contribution is -0.144. The van der Waals surface area contributed by atoms with Gasteiger partial charge >= 0.3 is 0 Å². The zero-order chi connectivity index (χ0) is 21.6. The molecular weight excluding hydrogens is 398 g/mol. The fourth-order valence-electron chi connectivity index (χ4n) is 4.47. The van der Waals surface area contributed by atoms with Crippen molar-refractivity contribution >= 4 is 28.9 Å². The summed E-state index contributed by atoms with van der Waals surface area (Å²) in [5.74, 6) is 0.788. The monoisotopic (exact) mass is 425 g/mol. The smallest absolute Gasteiger partial charge is 0.233 e. The number of hydrogen-bond donors (Lipinski definition) is 1. The van der Waals surface area contributed by atoms with Gasteiger partial charge in [-0.3, -0.25) is 9.69 Å². The molecule has 1 fully saturated rings. The number of aryl methyl sites for hydroxylation is 1. The first kappa shape index (κ1) is 20.5. The lowest BCUT2D eigenvalue weighted by atomic mass is 9.78. The topological polar surface area (TPSA) is 54.0 Å². The second kappa shape index (κ2) is 7.47. The maximum atomic E-state index is 13.4. The second-order valence-electron chi connectivity index (χ2n) is 8.02. The van der Waals surface area contributed by atoms with Gasteiger partial charge in [0.05, 0.1) is 12.6 Å². The van der Waals surface area contributed by atoms with Crippen LogP contribution in [0.4, 0.5) is 5.69 Å². The molecule has 1 amide bonds. The third kappa shape index (κ3) is 2.99. The van der Waals surface area contributed by atoms with Crippen LogP contribution in [0.3, 0.4) is 0 Å². The Morgan fingerprint density at radius 2 is 2.00 bits per heavy atom. The van der Waals surface area contributed by atoms with Gasteiger partial charge in [-0.15, -0.1) is 0 Å². The van der Waals surface area contributed by atoms with Crippen LogP contribution in [0.15, 0.2) is 42.5 Å². The summed E-state index contributed by atoms with van der Waals surface area (Å²) in [7, 11) is 3.54. The minimum atomic E-state index is -1.03. The van der Waals surface area contributed by atoms with Crippen molar-refractivity contribution in [2.45, 2.75) is 32.5 Å². The third-order valence-electron chi connectivity index (χ3n) is 5.85. The molecule has 2 bridgehead atoms. The number of ether oxygens (including phenoxy) is 2. The van der Waals surface area contributed by atoms with E-state index >= 15 is 0 Å². The number of fused-ring (bicyclic) bond motifs is 4. The number of para-hydroxylation sites is 2. The van der Waals surface area contributed by atoms with Crippen molar-refractivity contribution < 1.29 is 14.3 Å². The summed E-state index contributed by atoms with van der Waals surface area (Å²) in [5.41, 5.74) is 1.81. The Kier molecular flexibility index (Phi) is 5.10. The molecule has 0 saturated carbocycles. The molecule has 6 nitrogen and oxygen atoms in total. The summed E-state index contributed by atoms with van der Waals surface area (Å²) >= 11 is 5.79. The molecule has 158 valence electrons. The Bertz CT molecular complexity index is 1010. The van der Waals surface area contributed by atoms with Crippen molar-refractivity contribution in [3.63, 3.8) is 0 Å². The van der Waals surface area contributed by atoms with Crippen LogP contribution in [0.2, 0.25) is 0 Å². The molecule has 4 rings (SSSR count). The highest BCUT2D eigenvalue weighted by molar-refractivity contribution is 7.80. The van der Waals surface area contributed by atoms with Crippen molar-refractivity contribution in [3.05, 3.63) is 53.6 Å². The van der Waals surface area contributed by atoms with Gasteiger partial charge in [-0.25, -0.2) is 0 Å². The number of carbonyl (C=O) groups is 1. The standard InChI is InChI=1S/C23H27N3O3S/c1-6-28-17-13-9-11-15-19-18(21(27)25(4)5)23(3,29-20(15)17)26(22(30)24-19)16-12-8-7-10-14(16)2/h7-13,18-19H,6H2,1-5H3,(H,24,30)/t18-,19-,23-/m0/s1. The average molecular weight is 426 g/mol. The third-order valence-corrected chi connectivity index (χ3v) is 6.15. The molecule has 2 aromatic rings. The van der Waals surface area contributed by atoms with Gasteiger partial charge in [-0.05, 0) is 50.7 Å². The summed E-state index contributed by atoms with van der Waals surface area (Å²) in [6, 6.07) is 13.4. The second-order valence-corrected chi connectivity index (χ2v) is 8.41. The predicted molar refractivity (Wildman–Crippen MR) is 121 cm³/mol. The van der Waals surface area contributed by atoms with Crippen LogP contribution < -0.4 is 19.7 Å². The Hall–Kier alpha value is -2.80. The SMILES string of the molecule is CCOc1cccc2c1O[C@@]1(C)[C@H](C(=O)N(C)C)[C@H]2NC(=S)N1c1ccccc1C. The first-order chi connectivity index (χ1) is 14.3. The fraction of sp³-hybridized carbons (Fsp3) is 0.391. The molecule has 0 spiro atoms. The summed E-state index contributed by atoms with van der Waals surface area (Å²) in [5, 5.41) is 3.97. The van der Waals surface area contributed by atoms with Crippen molar-refractivity contribution in [1.29, 1.82) is 0 Å². The molecule has 1 N–H and O–H groups in total. The van der Waals surface area contributed by atoms with Crippen molar-refractivity contribution in [1.82, 2.24) is 10.2 Å². The van der Waals surface area contributed by atoms with Crippen LogP contribution in [0.1, 0.15) is 31.0 Å². The Labute approximate surface area is 182 Å². The lowest BCUT2D eigenvalue weighted by Crippen LogP contribution is -2.72. The number of anilines is 1. The summed E-state index contributed by atoms with van der Waals surface area (Å²) in [6.07, 6.45) is 0. The number of thiocarbonyl (C=S) groups is 1. The molecule has 2 aliphatic heterocycles. The maximum Gasteiger partial charge on any atom is 0.233 e. The molecule has 1 saturated heterocycles. The molecule has 2 heterocycles. The van der Waals surface area contributed by atoms with Gasteiger partial charge in [-0.1, -0.05) is 30.3 Å². The van der Waals surface area contributed by atoms with Crippen molar-refractivity contribution in [2.24, 2.45) is 5.92 Å². The number of nitrogens with one attached hydrogen (secondary N) is 1. The fourth-order valence-corrected chi connectivity index (χ4v) is 4.88. The number of hydrogen-bond acceptors (Lipinski definition) is 4. The quantitative estimate of drug-likeness (QED) is 0.755. The van der Waals surface area contributed by atoms with E-state index in [-0.39, 0.29) is 11.9 Å². The van der Waals surface area contributed by atoms with E-state index in [2.05, 4.69) is 5.32 Å². The number of nitrogens with zero attached hydrogens (tertiary/aromatic N) is 2. The molecular formula is C23H27N3O3S. The minimum absolute atomic E-state index is 0.0245. The normalized spacial score (nSPS) is 24.4. The van der Waals surface area contributed by atoms with Gasteiger partial charge in [0.2, 0.25) is 5.91 Å². The molecule has 0 radical (unpaired) electrons. The Balaban J connectivity index is 1.95. The molecule has 7 heteroatoms. The van der Waals surface area contributed by atoms with Crippen LogP contribution in [0.25, 0.3) is 0 Å². The summed E-state index contributed by atoms with van der Waals surface area (Å²) in [6.45, 7) is 6.43. The van der Waals surface area contributed by atoms with E-state index in [1.54, 1.807) is 19.0 Å². The molecule has 2 aromatic carbocycles.